The van der Waals surface area contributed by atoms with Crippen molar-refractivity contribution in [3.05, 3.63) is 68.9 Å². The van der Waals surface area contributed by atoms with Crippen LogP contribution in [0.15, 0.2) is 46.8 Å². The first kappa shape index (κ1) is 22.3. The summed E-state index contributed by atoms with van der Waals surface area (Å²) >= 11 is 7.82. The molecular formula is C22H29ClN6S. The molecule has 6 nitrogen and oxygen atoms in total. The summed E-state index contributed by atoms with van der Waals surface area (Å²) in [5, 5.41) is 18.2. The van der Waals surface area contributed by atoms with E-state index in [-0.39, 0.29) is 0 Å². The van der Waals surface area contributed by atoms with Gasteiger partial charge in [-0.1, -0.05) is 36.7 Å². The molecule has 0 aliphatic heterocycles. The maximum atomic E-state index is 6.04. The molecule has 0 amide bonds. The second kappa shape index (κ2) is 11.1. The van der Waals surface area contributed by atoms with E-state index in [0.717, 1.165) is 48.6 Å². The number of aryl methyl sites for hydroxylation is 1. The zero-order chi connectivity index (χ0) is 21.3. The summed E-state index contributed by atoms with van der Waals surface area (Å²) in [5.74, 6) is 2.90. The average molecular weight is 445 g/mol. The molecule has 0 fully saturated rings. The number of benzene rings is 1. The molecule has 0 aliphatic carbocycles. The van der Waals surface area contributed by atoms with Gasteiger partial charge in [0.25, 0.3) is 0 Å². The summed E-state index contributed by atoms with van der Waals surface area (Å²) < 4.78 is 1.97. The first-order valence-electron chi connectivity index (χ1n) is 10.2. The predicted molar refractivity (Wildman–Crippen MR) is 125 cm³/mol. The summed E-state index contributed by atoms with van der Waals surface area (Å²) in [6, 6.07) is 12.3. The van der Waals surface area contributed by atoms with E-state index in [9.17, 15) is 0 Å². The smallest absolute Gasteiger partial charge is 0.191 e. The molecule has 1 aromatic carbocycles. The zero-order valence-electron chi connectivity index (χ0n) is 17.7. The van der Waals surface area contributed by atoms with Crippen molar-refractivity contribution in [2.24, 2.45) is 12.0 Å². The molecule has 0 saturated heterocycles. The van der Waals surface area contributed by atoms with Crippen LogP contribution in [0.3, 0.4) is 0 Å². The van der Waals surface area contributed by atoms with E-state index in [1.54, 1.807) is 11.3 Å². The lowest BCUT2D eigenvalue weighted by molar-refractivity contribution is 0.627. The quantitative estimate of drug-likeness (QED) is 0.381. The Kier molecular flexibility index (Phi) is 8.28. The second-order valence-electron chi connectivity index (χ2n) is 7.18. The minimum atomic E-state index is 0.378. The van der Waals surface area contributed by atoms with Gasteiger partial charge in [0, 0.05) is 36.0 Å². The van der Waals surface area contributed by atoms with Gasteiger partial charge < -0.3 is 15.2 Å². The summed E-state index contributed by atoms with van der Waals surface area (Å²) in [7, 11) is 1.96. The van der Waals surface area contributed by atoms with E-state index in [1.165, 1.54) is 10.4 Å². The number of thiophene rings is 1. The Hall–Kier alpha value is -2.38. The van der Waals surface area contributed by atoms with Crippen LogP contribution in [0.1, 0.15) is 41.4 Å². The van der Waals surface area contributed by atoms with Gasteiger partial charge in [-0.05, 0) is 48.9 Å². The lowest BCUT2D eigenvalue weighted by Crippen LogP contribution is -2.40. The van der Waals surface area contributed by atoms with Crippen LogP contribution >= 0.6 is 22.9 Å². The highest BCUT2D eigenvalue weighted by Crippen LogP contribution is 2.20. The number of hydrogen-bond donors (Lipinski definition) is 2. The summed E-state index contributed by atoms with van der Waals surface area (Å²) in [6.45, 7) is 6.23. The molecule has 0 aliphatic rings. The number of nitrogens with one attached hydrogen (secondary N) is 2. The van der Waals surface area contributed by atoms with Crippen LogP contribution in [-0.2, 0) is 20.0 Å². The zero-order valence-corrected chi connectivity index (χ0v) is 19.3. The molecular weight excluding hydrogens is 416 g/mol. The number of guanidine groups is 1. The van der Waals surface area contributed by atoms with Crippen LogP contribution < -0.4 is 10.6 Å². The van der Waals surface area contributed by atoms with Gasteiger partial charge in [0.15, 0.2) is 11.8 Å². The monoisotopic (exact) mass is 444 g/mol. The molecule has 8 heteroatoms. The Balaban J connectivity index is 1.64. The van der Waals surface area contributed by atoms with Crippen molar-refractivity contribution >= 4 is 28.9 Å². The molecule has 0 radical (unpaired) electrons. The third kappa shape index (κ3) is 6.31. The average Bonchev–Trinajstić information content (AvgIpc) is 3.38. The van der Waals surface area contributed by atoms with E-state index >= 15 is 0 Å². The summed E-state index contributed by atoms with van der Waals surface area (Å²) in [4.78, 5) is 6.11. The van der Waals surface area contributed by atoms with Crippen LogP contribution in [0, 0.1) is 6.92 Å². The second-order valence-corrected chi connectivity index (χ2v) is 8.65. The maximum absolute atomic E-state index is 6.04. The van der Waals surface area contributed by atoms with E-state index in [1.807, 2.05) is 30.7 Å². The standard InChI is InChI=1S/C22H29ClN6S/c1-4-17(18-7-9-19(23)10-8-18)14-25-22(24-12-11-20-6-5-13-30-20)26-15-21-28-27-16(2)29(21)3/h5-10,13,17H,4,11-12,14-15H2,1-3H3,(H2,24,25,26). The highest BCUT2D eigenvalue weighted by Gasteiger charge is 2.11. The van der Waals surface area contributed by atoms with E-state index < -0.39 is 0 Å². The molecule has 30 heavy (non-hydrogen) atoms. The van der Waals surface area contributed by atoms with E-state index in [0.29, 0.717) is 12.5 Å². The lowest BCUT2D eigenvalue weighted by atomic mass is 9.96. The van der Waals surface area contributed by atoms with E-state index in [2.05, 4.69) is 57.4 Å². The highest BCUT2D eigenvalue weighted by atomic mass is 35.5. The van der Waals surface area contributed by atoms with Crippen molar-refractivity contribution in [2.45, 2.75) is 39.2 Å². The third-order valence-corrected chi connectivity index (χ3v) is 6.34. The Morgan fingerprint density at radius 2 is 2.00 bits per heavy atom. The Morgan fingerprint density at radius 3 is 2.63 bits per heavy atom. The molecule has 2 N–H and O–H groups in total. The fraction of sp³-hybridized carbons (Fsp3) is 0.409. The number of nitrogens with zero attached hydrogens (tertiary/aromatic N) is 4. The Morgan fingerprint density at radius 1 is 1.20 bits per heavy atom. The number of aromatic nitrogens is 3. The maximum Gasteiger partial charge on any atom is 0.191 e. The van der Waals surface area contributed by atoms with Gasteiger partial charge in [0.1, 0.15) is 12.4 Å². The summed E-state index contributed by atoms with van der Waals surface area (Å²) in [5.41, 5.74) is 1.27. The van der Waals surface area contributed by atoms with Gasteiger partial charge in [0.05, 0.1) is 0 Å². The molecule has 2 heterocycles. The van der Waals surface area contributed by atoms with Gasteiger partial charge in [0.2, 0.25) is 0 Å². The lowest BCUT2D eigenvalue weighted by Gasteiger charge is -2.19. The van der Waals surface area contributed by atoms with Crippen LogP contribution in [0.4, 0.5) is 0 Å². The molecule has 0 spiro atoms. The molecule has 3 aromatic rings. The van der Waals surface area contributed by atoms with Crippen molar-refractivity contribution in [3.63, 3.8) is 0 Å². The van der Waals surface area contributed by atoms with Gasteiger partial charge in [-0.2, -0.15) is 0 Å². The van der Waals surface area contributed by atoms with Crippen molar-refractivity contribution in [1.82, 2.24) is 25.4 Å². The topological polar surface area (TPSA) is 67.1 Å². The minimum absolute atomic E-state index is 0.378. The van der Waals surface area contributed by atoms with Crippen LogP contribution in [0.5, 0.6) is 0 Å². The van der Waals surface area contributed by atoms with Crippen LogP contribution in [0.25, 0.3) is 0 Å². The number of hydrogen-bond acceptors (Lipinski definition) is 4. The minimum Gasteiger partial charge on any atom is -0.356 e. The van der Waals surface area contributed by atoms with E-state index in [4.69, 9.17) is 16.6 Å². The molecule has 160 valence electrons. The molecule has 3 rings (SSSR count). The van der Waals surface area contributed by atoms with Crippen LogP contribution in [0.2, 0.25) is 5.02 Å². The van der Waals surface area contributed by atoms with Crippen molar-refractivity contribution < 1.29 is 0 Å². The van der Waals surface area contributed by atoms with Gasteiger partial charge in [-0.25, -0.2) is 4.99 Å². The number of halogens is 1. The highest BCUT2D eigenvalue weighted by molar-refractivity contribution is 7.09. The Labute approximate surface area is 187 Å². The van der Waals surface area contributed by atoms with Crippen molar-refractivity contribution in [2.75, 3.05) is 13.1 Å². The Bertz CT molecular complexity index is 933. The molecule has 1 unspecified atom stereocenters. The fourth-order valence-electron chi connectivity index (χ4n) is 3.12. The van der Waals surface area contributed by atoms with Gasteiger partial charge in [-0.3, -0.25) is 0 Å². The van der Waals surface area contributed by atoms with Crippen LogP contribution in [-0.4, -0.2) is 33.8 Å². The first-order chi connectivity index (χ1) is 14.6. The molecule has 0 saturated carbocycles. The molecule has 2 aromatic heterocycles. The molecule has 1 atom stereocenters. The molecule has 0 bridgehead atoms. The fourth-order valence-corrected chi connectivity index (χ4v) is 3.96. The van der Waals surface area contributed by atoms with Crippen molar-refractivity contribution in [3.8, 4) is 0 Å². The third-order valence-electron chi connectivity index (χ3n) is 5.16. The van der Waals surface area contributed by atoms with Gasteiger partial charge >= 0.3 is 0 Å². The van der Waals surface area contributed by atoms with Gasteiger partial charge in [-0.15, -0.1) is 21.5 Å². The SMILES string of the molecule is CCC(CNC(=NCc1nnc(C)n1C)NCCc1cccs1)c1ccc(Cl)cc1. The normalized spacial score (nSPS) is 12.7. The number of rotatable bonds is 9. The first-order valence-corrected chi connectivity index (χ1v) is 11.5. The van der Waals surface area contributed by atoms with Crippen molar-refractivity contribution in [1.29, 1.82) is 0 Å². The summed E-state index contributed by atoms with van der Waals surface area (Å²) in [6.07, 6.45) is 2.00. The largest absolute Gasteiger partial charge is 0.356 e. The predicted octanol–water partition coefficient (Wildman–Crippen LogP) is 4.31. The number of aliphatic imine (C=N–C) groups is 1.